The number of aryl methyl sites for hydroxylation is 1. The van der Waals surface area contributed by atoms with E-state index in [1.807, 2.05) is 25.1 Å². The first kappa shape index (κ1) is 25.4. The van der Waals surface area contributed by atoms with Crippen LogP contribution in [-0.4, -0.2) is 25.8 Å². The highest BCUT2D eigenvalue weighted by molar-refractivity contribution is 7.92. The zero-order valence-corrected chi connectivity index (χ0v) is 20.6. The number of nitrogens with one attached hydrogen (secondary N) is 1. The fourth-order valence-electron chi connectivity index (χ4n) is 3.49. The molecule has 0 heterocycles. The molecule has 0 bridgehead atoms. The van der Waals surface area contributed by atoms with Crippen LogP contribution in [0, 0.1) is 17.0 Å². The van der Waals surface area contributed by atoms with E-state index in [1.54, 1.807) is 48.5 Å². The first-order chi connectivity index (χ1) is 17.7. The number of para-hydroxylation sites is 1. The number of hydrogen-bond donors (Lipinski definition) is 1. The van der Waals surface area contributed by atoms with E-state index in [-0.39, 0.29) is 22.0 Å². The Bertz CT molecular complexity index is 1510. The highest BCUT2D eigenvalue weighted by Crippen LogP contribution is 2.28. The van der Waals surface area contributed by atoms with E-state index in [0.717, 1.165) is 9.87 Å². The molecule has 0 atom stereocenters. The normalized spacial score (nSPS) is 10.9. The van der Waals surface area contributed by atoms with Gasteiger partial charge in [0.1, 0.15) is 18.0 Å². The zero-order valence-electron chi connectivity index (χ0n) is 19.8. The second-order valence-corrected chi connectivity index (χ2v) is 9.95. The van der Waals surface area contributed by atoms with E-state index in [1.165, 1.54) is 36.4 Å². The lowest BCUT2D eigenvalue weighted by molar-refractivity contribution is -0.384. The summed E-state index contributed by atoms with van der Waals surface area (Å²) in [5.41, 5.74) is 1.11. The number of nitrogens with zero attached hydrogens (tertiary/aromatic N) is 2. The van der Waals surface area contributed by atoms with Gasteiger partial charge in [0.25, 0.3) is 15.7 Å². The Morgan fingerprint density at radius 2 is 1.54 bits per heavy atom. The molecule has 10 heteroatoms. The van der Waals surface area contributed by atoms with Crippen molar-refractivity contribution in [1.29, 1.82) is 0 Å². The summed E-state index contributed by atoms with van der Waals surface area (Å²) in [6.07, 6.45) is 0. The molecule has 0 spiro atoms. The van der Waals surface area contributed by atoms with Gasteiger partial charge in [0, 0.05) is 17.8 Å². The number of benzene rings is 4. The summed E-state index contributed by atoms with van der Waals surface area (Å²) < 4.78 is 33.9. The monoisotopic (exact) mass is 517 g/mol. The SMILES string of the molecule is Cc1ccc(S(=O)(=O)N(CC(=O)Nc2cccc([N+](=O)[O-])c2)c2ccc(Oc3ccccc3)cc2)cc1. The van der Waals surface area contributed by atoms with E-state index < -0.39 is 27.4 Å². The number of ether oxygens (including phenoxy) is 1. The van der Waals surface area contributed by atoms with Crippen molar-refractivity contribution >= 4 is 33.0 Å². The molecule has 0 aliphatic heterocycles. The number of nitro benzene ring substituents is 1. The Balaban J connectivity index is 1.62. The molecule has 0 saturated heterocycles. The minimum atomic E-state index is -4.13. The van der Waals surface area contributed by atoms with Crippen LogP contribution in [-0.2, 0) is 14.8 Å². The fraction of sp³-hybridized carbons (Fsp3) is 0.0741. The average Bonchev–Trinajstić information content (AvgIpc) is 2.89. The highest BCUT2D eigenvalue weighted by Gasteiger charge is 2.27. The average molecular weight is 518 g/mol. The number of rotatable bonds is 9. The van der Waals surface area contributed by atoms with Crippen molar-refractivity contribution in [2.75, 3.05) is 16.2 Å². The first-order valence-electron chi connectivity index (χ1n) is 11.2. The molecule has 0 aliphatic carbocycles. The van der Waals surface area contributed by atoms with E-state index >= 15 is 0 Å². The van der Waals surface area contributed by atoms with Crippen molar-refractivity contribution in [2.24, 2.45) is 0 Å². The van der Waals surface area contributed by atoms with Gasteiger partial charge in [-0.05, 0) is 61.5 Å². The molecular weight excluding hydrogens is 494 g/mol. The summed E-state index contributed by atoms with van der Waals surface area (Å²) in [7, 11) is -4.13. The summed E-state index contributed by atoms with van der Waals surface area (Å²) in [4.78, 5) is 23.4. The van der Waals surface area contributed by atoms with Gasteiger partial charge in [-0.15, -0.1) is 0 Å². The predicted octanol–water partition coefficient (Wildman–Crippen LogP) is 5.53. The molecule has 4 aromatic carbocycles. The number of carbonyl (C=O) groups excluding carboxylic acids is 1. The van der Waals surface area contributed by atoms with Gasteiger partial charge < -0.3 is 10.1 Å². The topological polar surface area (TPSA) is 119 Å². The van der Waals surface area contributed by atoms with Gasteiger partial charge in [-0.25, -0.2) is 8.42 Å². The van der Waals surface area contributed by atoms with Crippen LogP contribution >= 0.6 is 0 Å². The Labute approximate surface area is 214 Å². The van der Waals surface area contributed by atoms with Gasteiger partial charge in [0.15, 0.2) is 0 Å². The molecule has 4 aromatic rings. The van der Waals surface area contributed by atoms with Crippen LogP contribution in [0.3, 0.4) is 0 Å². The van der Waals surface area contributed by atoms with Gasteiger partial charge in [-0.3, -0.25) is 19.2 Å². The third-order valence-electron chi connectivity index (χ3n) is 5.34. The third-order valence-corrected chi connectivity index (χ3v) is 7.13. The number of non-ortho nitro benzene ring substituents is 1. The van der Waals surface area contributed by atoms with E-state index in [9.17, 15) is 23.3 Å². The number of carbonyl (C=O) groups is 1. The van der Waals surface area contributed by atoms with Crippen molar-refractivity contribution in [3.8, 4) is 11.5 Å². The van der Waals surface area contributed by atoms with Crippen LogP contribution in [0.25, 0.3) is 0 Å². The molecule has 0 aromatic heterocycles. The van der Waals surface area contributed by atoms with Crippen molar-refractivity contribution < 1.29 is 22.9 Å². The summed E-state index contributed by atoms with van der Waals surface area (Å²) in [5, 5.41) is 13.6. The molecule has 37 heavy (non-hydrogen) atoms. The minimum absolute atomic E-state index is 0.0193. The van der Waals surface area contributed by atoms with Gasteiger partial charge in [0.2, 0.25) is 5.91 Å². The van der Waals surface area contributed by atoms with E-state index in [0.29, 0.717) is 11.5 Å². The largest absolute Gasteiger partial charge is 0.457 e. The molecule has 0 aliphatic rings. The Morgan fingerprint density at radius 3 is 2.19 bits per heavy atom. The lowest BCUT2D eigenvalue weighted by Gasteiger charge is -2.24. The van der Waals surface area contributed by atoms with Crippen LogP contribution < -0.4 is 14.4 Å². The molecule has 0 unspecified atom stereocenters. The maximum Gasteiger partial charge on any atom is 0.271 e. The van der Waals surface area contributed by atoms with Gasteiger partial charge in [-0.2, -0.15) is 0 Å². The third kappa shape index (κ3) is 6.30. The quantitative estimate of drug-likeness (QED) is 0.230. The smallest absolute Gasteiger partial charge is 0.271 e. The van der Waals surface area contributed by atoms with E-state index in [2.05, 4.69) is 5.32 Å². The zero-order chi connectivity index (χ0) is 26.4. The molecule has 188 valence electrons. The second kappa shape index (κ2) is 10.9. The Hall–Kier alpha value is -4.70. The summed E-state index contributed by atoms with van der Waals surface area (Å²) in [6.45, 7) is 1.28. The molecule has 0 saturated carbocycles. The van der Waals surface area contributed by atoms with Crippen LogP contribution in [0.5, 0.6) is 11.5 Å². The molecule has 1 amide bonds. The van der Waals surface area contributed by atoms with Crippen molar-refractivity contribution in [2.45, 2.75) is 11.8 Å². The van der Waals surface area contributed by atoms with Crippen molar-refractivity contribution in [3.63, 3.8) is 0 Å². The Kier molecular flexibility index (Phi) is 7.49. The molecular formula is C27H23N3O6S. The van der Waals surface area contributed by atoms with Gasteiger partial charge >= 0.3 is 0 Å². The summed E-state index contributed by atoms with van der Waals surface area (Å²) in [6, 6.07) is 27.1. The lowest BCUT2D eigenvalue weighted by atomic mass is 10.2. The number of sulfonamides is 1. The van der Waals surface area contributed by atoms with Crippen molar-refractivity contribution in [1.82, 2.24) is 0 Å². The standard InChI is InChI=1S/C27H23N3O6S/c1-20-10-16-26(17-11-20)37(34,35)29(19-27(31)28-21-6-5-7-23(18-21)30(32)33)22-12-14-25(15-13-22)36-24-8-3-2-4-9-24/h2-18H,19H2,1H3,(H,28,31). The van der Waals surface area contributed by atoms with Crippen LogP contribution in [0.1, 0.15) is 5.56 Å². The molecule has 9 nitrogen and oxygen atoms in total. The molecule has 0 radical (unpaired) electrons. The van der Waals surface area contributed by atoms with Crippen LogP contribution in [0.4, 0.5) is 17.1 Å². The lowest BCUT2D eigenvalue weighted by Crippen LogP contribution is -2.38. The number of hydrogen-bond acceptors (Lipinski definition) is 6. The fourth-order valence-corrected chi connectivity index (χ4v) is 4.91. The molecule has 1 N–H and O–H groups in total. The number of anilines is 2. The molecule has 0 fully saturated rings. The maximum atomic E-state index is 13.6. The van der Waals surface area contributed by atoms with Gasteiger partial charge in [0.05, 0.1) is 15.5 Å². The first-order valence-corrected chi connectivity index (χ1v) is 12.6. The van der Waals surface area contributed by atoms with Crippen molar-refractivity contribution in [3.05, 3.63) is 119 Å². The summed E-state index contributed by atoms with van der Waals surface area (Å²) in [5.74, 6) is 0.445. The van der Waals surface area contributed by atoms with E-state index in [4.69, 9.17) is 4.74 Å². The highest BCUT2D eigenvalue weighted by atomic mass is 32.2. The van der Waals surface area contributed by atoms with Gasteiger partial charge in [-0.1, -0.05) is 42.0 Å². The molecule has 4 rings (SSSR count). The van der Waals surface area contributed by atoms with Crippen LogP contribution in [0.15, 0.2) is 108 Å². The summed E-state index contributed by atoms with van der Waals surface area (Å²) >= 11 is 0. The minimum Gasteiger partial charge on any atom is -0.457 e. The Morgan fingerprint density at radius 1 is 0.892 bits per heavy atom. The predicted molar refractivity (Wildman–Crippen MR) is 140 cm³/mol. The second-order valence-electron chi connectivity index (χ2n) is 8.09. The maximum absolute atomic E-state index is 13.6. The number of amides is 1. The van der Waals surface area contributed by atoms with Crippen LogP contribution in [0.2, 0.25) is 0 Å². The number of nitro groups is 1.